The Labute approximate surface area is 194 Å². The zero-order valence-corrected chi connectivity index (χ0v) is 18.5. The number of rotatable bonds is 6. The number of carbonyl (C=O) groups excluding carboxylic acids is 1. The van der Waals surface area contributed by atoms with Gasteiger partial charge in [0.1, 0.15) is 11.4 Å². The molecule has 0 aliphatic carbocycles. The number of anilines is 1. The Hall–Kier alpha value is -3.40. The number of aromatic nitrogens is 4. The van der Waals surface area contributed by atoms with Crippen LogP contribution in [0.2, 0.25) is 5.02 Å². The van der Waals surface area contributed by atoms with Crippen LogP contribution in [0, 0.1) is 0 Å². The first-order valence-corrected chi connectivity index (χ1v) is 11.0. The topological polar surface area (TPSA) is 119 Å². The highest BCUT2D eigenvalue weighted by Crippen LogP contribution is 2.29. The van der Waals surface area contributed by atoms with E-state index in [9.17, 15) is 9.90 Å². The fourth-order valence-electron chi connectivity index (χ4n) is 3.96. The van der Waals surface area contributed by atoms with Gasteiger partial charge < -0.3 is 25.0 Å². The second-order valence-corrected chi connectivity index (χ2v) is 8.26. The molecular weight excluding hydrogens is 444 g/mol. The van der Waals surface area contributed by atoms with Crippen LogP contribution in [0.15, 0.2) is 48.8 Å². The first kappa shape index (κ1) is 21.4. The minimum atomic E-state index is -0.575. The van der Waals surface area contributed by atoms with Gasteiger partial charge in [-0.25, -0.2) is 4.98 Å². The van der Waals surface area contributed by atoms with E-state index in [0.29, 0.717) is 35.3 Å². The number of H-pyrrole nitrogens is 2. The number of halogens is 1. The van der Waals surface area contributed by atoms with Crippen LogP contribution in [0.25, 0.3) is 22.3 Å². The molecule has 3 aromatic heterocycles. The number of hydrogen-bond acceptors (Lipinski definition) is 6. The number of amides is 1. The van der Waals surface area contributed by atoms with Crippen LogP contribution < -0.4 is 10.2 Å². The highest BCUT2D eigenvalue weighted by atomic mass is 35.5. The Morgan fingerprint density at radius 2 is 2.12 bits per heavy atom. The number of ether oxygens (including phenoxy) is 1. The molecule has 4 heterocycles. The number of fused-ring (bicyclic) bond motifs is 1. The lowest BCUT2D eigenvalue weighted by Crippen LogP contribution is -2.36. The number of aliphatic hydroxyl groups excluding tert-OH is 1. The van der Waals surface area contributed by atoms with E-state index in [1.807, 2.05) is 12.3 Å². The molecule has 1 aliphatic heterocycles. The van der Waals surface area contributed by atoms with Crippen molar-refractivity contribution in [3.8, 4) is 11.3 Å². The SMILES string of the molecule is O=C(NC(CO)c1cccc(Cl)c1)c1cc(-c2n[nH]c3ncc(N4CCOCC4)cc23)c[nH]1. The van der Waals surface area contributed by atoms with Crippen LogP contribution in [0.5, 0.6) is 0 Å². The molecule has 170 valence electrons. The molecule has 1 atom stereocenters. The number of aromatic amines is 2. The van der Waals surface area contributed by atoms with Crippen LogP contribution in [0.3, 0.4) is 0 Å². The zero-order chi connectivity index (χ0) is 22.8. The lowest BCUT2D eigenvalue weighted by atomic mass is 10.1. The smallest absolute Gasteiger partial charge is 0.268 e. The highest BCUT2D eigenvalue weighted by Gasteiger charge is 2.19. The molecular formula is C23H23ClN6O3. The molecule has 9 nitrogen and oxygen atoms in total. The molecule has 1 aromatic carbocycles. The van der Waals surface area contributed by atoms with E-state index in [1.54, 1.807) is 30.5 Å². The molecule has 0 bridgehead atoms. The predicted molar refractivity (Wildman–Crippen MR) is 125 cm³/mol. The standard InChI is InChI=1S/C23H23ClN6O3/c24-16-3-1-2-14(8-16)20(13-31)27-23(32)19-9-15(11-25-19)21-18-10-17(12-26-22(18)29-28-21)30-4-6-33-7-5-30/h1-3,8-12,20,25,31H,4-7,13H2,(H,27,32)(H,26,28,29). The van der Waals surface area contributed by atoms with Crippen molar-refractivity contribution in [2.24, 2.45) is 0 Å². The van der Waals surface area contributed by atoms with E-state index in [2.05, 4.69) is 36.4 Å². The number of benzene rings is 1. The van der Waals surface area contributed by atoms with Crippen LogP contribution in [-0.2, 0) is 4.74 Å². The van der Waals surface area contributed by atoms with Crippen molar-refractivity contribution in [1.82, 2.24) is 25.5 Å². The van der Waals surface area contributed by atoms with E-state index >= 15 is 0 Å². The maximum absolute atomic E-state index is 12.8. The summed E-state index contributed by atoms with van der Waals surface area (Å²) in [6.07, 6.45) is 3.57. The molecule has 10 heteroatoms. The minimum Gasteiger partial charge on any atom is -0.394 e. The van der Waals surface area contributed by atoms with Gasteiger partial charge >= 0.3 is 0 Å². The third-order valence-corrected chi connectivity index (χ3v) is 5.95. The van der Waals surface area contributed by atoms with Crippen LogP contribution in [-0.4, -0.2) is 64.1 Å². The molecule has 1 unspecified atom stereocenters. The maximum atomic E-state index is 12.8. The fourth-order valence-corrected chi connectivity index (χ4v) is 4.16. The molecule has 5 rings (SSSR count). The normalized spacial score (nSPS) is 15.0. The van der Waals surface area contributed by atoms with Gasteiger partial charge in [-0.15, -0.1) is 0 Å². The monoisotopic (exact) mass is 466 g/mol. The molecule has 1 fully saturated rings. The molecule has 0 spiro atoms. The third-order valence-electron chi connectivity index (χ3n) is 5.72. The number of carbonyl (C=O) groups is 1. The van der Waals surface area contributed by atoms with Gasteiger partial charge in [-0.2, -0.15) is 5.10 Å². The predicted octanol–water partition coefficient (Wildman–Crippen LogP) is 2.91. The van der Waals surface area contributed by atoms with Crippen molar-refractivity contribution in [2.45, 2.75) is 6.04 Å². The fraction of sp³-hybridized carbons (Fsp3) is 0.261. The van der Waals surface area contributed by atoms with E-state index in [-0.39, 0.29) is 12.5 Å². The molecule has 4 N–H and O–H groups in total. The van der Waals surface area contributed by atoms with Crippen LogP contribution >= 0.6 is 11.6 Å². The molecule has 4 aromatic rings. The van der Waals surface area contributed by atoms with Crippen molar-refractivity contribution in [3.63, 3.8) is 0 Å². The van der Waals surface area contributed by atoms with Crippen LogP contribution in [0.1, 0.15) is 22.1 Å². The number of hydrogen-bond donors (Lipinski definition) is 4. The first-order chi connectivity index (χ1) is 16.1. The van der Waals surface area contributed by atoms with Gasteiger partial charge in [0.15, 0.2) is 5.65 Å². The van der Waals surface area contributed by atoms with Gasteiger partial charge in [0.05, 0.1) is 37.7 Å². The summed E-state index contributed by atoms with van der Waals surface area (Å²) in [5.74, 6) is -0.341. The summed E-state index contributed by atoms with van der Waals surface area (Å²) in [7, 11) is 0. The quantitative estimate of drug-likeness (QED) is 0.347. The molecule has 1 amide bonds. The summed E-state index contributed by atoms with van der Waals surface area (Å²) >= 11 is 6.04. The van der Waals surface area contributed by atoms with Gasteiger partial charge in [0.2, 0.25) is 0 Å². The third kappa shape index (κ3) is 4.43. The summed E-state index contributed by atoms with van der Waals surface area (Å²) in [5, 5.41) is 21.4. The summed E-state index contributed by atoms with van der Waals surface area (Å²) in [6.45, 7) is 2.76. The van der Waals surface area contributed by atoms with Gasteiger partial charge in [0.25, 0.3) is 5.91 Å². The summed E-state index contributed by atoms with van der Waals surface area (Å²) in [5.41, 5.74) is 4.24. The van der Waals surface area contributed by atoms with Gasteiger partial charge in [0, 0.05) is 35.3 Å². The zero-order valence-electron chi connectivity index (χ0n) is 17.7. The molecule has 1 saturated heterocycles. The number of aliphatic hydroxyl groups is 1. The van der Waals surface area contributed by atoms with Crippen molar-refractivity contribution >= 4 is 34.2 Å². The van der Waals surface area contributed by atoms with Crippen molar-refractivity contribution in [2.75, 3.05) is 37.8 Å². The number of morpholine rings is 1. The summed E-state index contributed by atoms with van der Waals surface area (Å²) < 4.78 is 5.44. The second-order valence-electron chi connectivity index (χ2n) is 7.83. The Bertz CT molecular complexity index is 1280. The number of nitrogens with zero attached hydrogens (tertiary/aromatic N) is 3. The minimum absolute atomic E-state index is 0.250. The van der Waals surface area contributed by atoms with Crippen molar-refractivity contribution in [1.29, 1.82) is 0 Å². The average molecular weight is 467 g/mol. The van der Waals surface area contributed by atoms with Crippen molar-refractivity contribution in [3.05, 3.63) is 65.1 Å². The molecule has 0 saturated carbocycles. The summed E-state index contributed by atoms with van der Waals surface area (Å²) in [4.78, 5) is 22.6. The van der Waals surface area contributed by atoms with E-state index in [1.165, 1.54) is 0 Å². The van der Waals surface area contributed by atoms with Crippen molar-refractivity contribution < 1.29 is 14.6 Å². The lowest BCUT2D eigenvalue weighted by molar-refractivity contribution is 0.0911. The number of pyridine rings is 1. The first-order valence-electron chi connectivity index (χ1n) is 10.6. The highest BCUT2D eigenvalue weighted by molar-refractivity contribution is 6.30. The van der Waals surface area contributed by atoms with Gasteiger partial charge in [-0.1, -0.05) is 23.7 Å². The van der Waals surface area contributed by atoms with E-state index in [0.717, 1.165) is 35.3 Å². The lowest BCUT2D eigenvalue weighted by Gasteiger charge is -2.28. The average Bonchev–Trinajstić information content (AvgIpc) is 3.50. The molecule has 0 radical (unpaired) electrons. The van der Waals surface area contributed by atoms with Gasteiger partial charge in [-0.05, 0) is 29.8 Å². The molecule has 1 aliphatic rings. The number of nitrogens with one attached hydrogen (secondary N) is 3. The Morgan fingerprint density at radius 1 is 1.27 bits per heavy atom. The van der Waals surface area contributed by atoms with E-state index in [4.69, 9.17) is 16.3 Å². The summed E-state index contributed by atoms with van der Waals surface area (Å²) in [6, 6.07) is 10.3. The van der Waals surface area contributed by atoms with Gasteiger partial charge in [-0.3, -0.25) is 9.89 Å². The Morgan fingerprint density at radius 3 is 2.91 bits per heavy atom. The Kier molecular flexibility index (Phi) is 5.99. The largest absolute Gasteiger partial charge is 0.394 e. The maximum Gasteiger partial charge on any atom is 0.268 e. The van der Waals surface area contributed by atoms with E-state index < -0.39 is 6.04 Å². The molecule has 33 heavy (non-hydrogen) atoms. The second kappa shape index (κ2) is 9.22. The Balaban J connectivity index is 1.38. The van der Waals surface area contributed by atoms with Crippen LogP contribution in [0.4, 0.5) is 5.69 Å².